The van der Waals surface area contributed by atoms with Gasteiger partial charge in [-0.1, -0.05) is 41.9 Å². The van der Waals surface area contributed by atoms with Crippen LogP contribution in [-0.2, 0) is 6.61 Å². The van der Waals surface area contributed by atoms with Gasteiger partial charge < -0.3 is 14.5 Å². The van der Waals surface area contributed by atoms with Crippen LogP contribution in [0.25, 0.3) is 0 Å². The Hall–Kier alpha value is -3.38. The Morgan fingerprint density at radius 2 is 1.47 bits per heavy atom. The van der Waals surface area contributed by atoms with Gasteiger partial charge in [-0.2, -0.15) is 0 Å². The van der Waals surface area contributed by atoms with Crippen molar-refractivity contribution in [2.45, 2.75) is 6.61 Å². The second kappa shape index (κ2) is 9.83. The van der Waals surface area contributed by atoms with Crippen LogP contribution in [0.3, 0.4) is 0 Å². The fourth-order valence-corrected chi connectivity index (χ4v) is 3.81. The summed E-state index contributed by atoms with van der Waals surface area (Å²) >= 11 is 6.01. The number of amides is 2. The summed E-state index contributed by atoms with van der Waals surface area (Å²) in [5, 5.41) is 0.0862. The summed E-state index contributed by atoms with van der Waals surface area (Å²) in [4.78, 5) is 28.9. The third kappa shape index (κ3) is 5.08. The van der Waals surface area contributed by atoms with Crippen LogP contribution in [0.5, 0.6) is 5.75 Å². The molecule has 0 saturated carbocycles. The van der Waals surface area contributed by atoms with Crippen molar-refractivity contribution in [3.05, 3.63) is 100 Å². The molecule has 0 aromatic heterocycles. The van der Waals surface area contributed by atoms with E-state index in [1.165, 1.54) is 12.1 Å². The zero-order chi connectivity index (χ0) is 22.5. The molecule has 4 rings (SSSR count). The van der Waals surface area contributed by atoms with E-state index in [1.807, 2.05) is 30.3 Å². The maximum absolute atomic E-state index is 13.2. The van der Waals surface area contributed by atoms with E-state index in [1.54, 1.807) is 34.1 Å². The molecule has 0 unspecified atom stereocenters. The number of hydrogen-bond acceptors (Lipinski definition) is 3. The van der Waals surface area contributed by atoms with E-state index in [2.05, 4.69) is 0 Å². The number of carbonyl (C=O) groups excluding carboxylic acids is 2. The van der Waals surface area contributed by atoms with Gasteiger partial charge in [0.15, 0.2) is 0 Å². The molecule has 5 nitrogen and oxygen atoms in total. The lowest BCUT2D eigenvalue weighted by atomic mass is 10.1. The summed E-state index contributed by atoms with van der Waals surface area (Å²) < 4.78 is 19.0. The van der Waals surface area contributed by atoms with Crippen molar-refractivity contribution in [1.29, 1.82) is 0 Å². The molecule has 0 atom stereocenters. The minimum atomic E-state index is -0.488. The molecule has 0 radical (unpaired) electrons. The van der Waals surface area contributed by atoms with Gasteiger partial charge >= 0.3 is 0 Å². The van der Waals surface area contributed by atoms with Gasteiger partial charge in [-0.15, -0.1) is 0 Å². The smallest absolute Gasteiger partial charge is 0.255 e. The molecule has 0 aliphatic carbocycles. The number of nitrogens with zero attached hydrogens (tertiary/aromatic N) is 2. The lowest BCUT2D eigenvalue weighted by Gasteiger charge is -2.35. The summed E-state index contributed by atoms with van der Waals surface area (Å²) in [5.74, 6) is -0.149. The largest absolute Gasteiger partial charge is 0.489 e. The van der Waals surface area contributed by atoms with Crippen LogP contribution in [-0.4, -0.2) is 47.8 Å². The van der Waals surface area contributed by atoms with Crippen LogP contribution < -0.4 is 4.74 Å². The number of halogens is 2. The van der Waals surface area contributed by atoms with Crippen LogP contribution in [0.4, 0.5) is 4.39 Å². The Balaban J connectivity index is 1.31. The van der Waals surface area contributed by atoms with Crippen molar-refractivity contribution in [3.63, 3.8) is 0 Å². The Bertz CT molecular complexity index is 1100. The molecule has 0 bridgehead atoms. The van der Waals surface area contributed by atoms with Gasteiger partial charge in [0.2, 0.25) is 0 Å². The minimum absolute atomic E-state index is 0.0862. The highest BCUT2D eigenvalue weighted by Crippen LogP contribution is 2.21. The van der Waals surface area contributed by atoms with Crippen molar-refractivity contribution in [1.82, 2.24) is 9.80 Å². The van der Waals surface area contributed by atoms with Gasteiger partial charge in [0.05, 0.1) is 10.6 Å². The lowest BCUT2D eigenvalue weighted by molar-refractivity contribution is 0.0535. The molecule has 32 heavy (non-hydrogen) atoms. The first kappa shape index (κ1) is 21.8. The van der Waals surface area contributed by atoms with Crippen molar-refractivity contribution in [2.24, 2.45) is 0 Å². The van der Waals surface area contributed by atoms with Crippen LogP contribution in [0.2, 0.25) is 5.02 Å². The molecule has 7 heteroatoms. The molecule has 3 aromatic rings. The Morgan fingerprint density at radius 1 is 0.844 bits per heavy atom. The summed E-state index contributed by atoms with van der Waals surface area (Å²) in [6.45, 7) is 2.06. The second-order valence-electron chi connectivity index (χ2n) is 7.51. The fraction of sp³-hybridized carbons (Fsp3) is 0.200. The fourth-order valence-electron chi connectivity index (χ4n) is 3.56. The normalized spacial score (nSPS) is 13.7. The molecule has 2 amide bonds. The average Bonchev–Trinajstić information content (AvgIpc) is 2.83. The first-order valence-electron chi connectivity index (χ1n) is 10.3. The zero-order valence-corrected chi connectivity index (χ0v) is 18.1. The highest BCUT2D eigenvalue weighted by Gasteiger charge is 2.26. The predicted octanol–water partition coefficient (Wildman–Crippen LogP) is 4.66. The first-order valence-corrected chi connectivity index (χ1v) is 10.7. The number of ether oxygens (including phenoxy) is 1. The van der Waals surface area contributed by atoms with Crippen LogP contribution in [0.1, 0.15) is 26.3 Å². The summed E-state index contributed by atoms with van der Waals surface area (Å²) in [6.07, 6.45) is 0. The standard InChI is InChI=1S/C25H22ClFN2O3/c26-23-16-20(27)8-11-22(23)25(31)29-14-12-28(13-15-29)24(30)19-6-9-21(10-7-19)32-17-18-4-2-1-3-5-18/h1-11,16H,12-15,17H2. The van der Waals surface area contributed by atoms with Gasteiger partial charge in [0.25, 0.3) is 11.8 Å². The summed E-state index contributed by atoms with van der Waals surface area (Å²) in [7, 11) is 0. The Labute approximate surface area is 191 Å². The number of benzene rings is 3. The number of piperazine rings is 1. The molecule has 1 aliphatic heterocycles. The van der Waals surface area contributed by atoms with E-state index in [9.17, 15) is 14.0 Å². The quantitative estimate of drug-likeness (QED) is 0.566. The molecular weight excluding hydrogens is 431 g/mol. The van der Waals surface area contributed by atoms with E-state index >= 15 is 0 Å². The molecule has 0 N–H and O–H groups in total. The minimum Gasteiger partial charge on any atom is -0.489 e. The topological polar surface area (TPSA) is 49.9 Å². The number of rotatable bonds is 5. The highest BCUT2D eigenvalue weighted by molar-refractivity contribution is 6.33. The Morgan fingerprint density at radius 3 is 2.09 bits per heavy atom. The number of hydrogen-bond donors (Lipinski definition) is 0. The number of carbonyl (C=O) groups is 2. The average molecular weight is 453 g/mol. The molecule has 164 valence electrons. The van der Waals surface area contributed by atoms with Gasteiger partial charge in [-0.05, 0) is 48.0 Å². The van der Waals surface area contributed by atoms with Crippen molar-refractivity contribution < 1.29 is 18.7 Å². The van der Waals surface area contributed by atoms with Crippen LogP contribution in [0, 0.1) is 5.82 Å². The molecule has 1 heterocycles. The van der Waals surface area contributed by atoms with E-state index in [-0.39, 0.29) is 22.4 Å². The Kier molecular flexibility index (Phi) is 6.71. The molecule has 3 aromatic carbocycles. The maximum Gasteiger partial charge on any atom is 0.255 e. The summed E-state index contributed by atoms with van der Waals surface area (Å²) in [5.41, 5.74) is 1.90. The second-order valence-corrected chi connectivity index (χ2v) is 7.91. The SMILES string of the molecule is O=C(c1ccc(OCc2ccccc2)cc1)N1CCN(C(=O)c2ccc(F)cc2Cl)CC1. The molecular formula is C25H22ClFN2O3. The van der Waals surface area contributed by atoms with E-state index in [0.717, 1.165) is 11.6 Å². The third-order valence-electron chi connectivity index (χ3n) is 5.37. The van der Waals surface area contributed by atoms with E-state index < -0.39 is 5.82 Å². The highest BCUT2D eigenvalue weighted by atomic mass is 35.5. The monoisotopic (exact) mass is 452 g/mol. The lowest BCUT2D eigenvalue weighted by Crippen LogP contribution is -2.50. The predicted molar refractivity (Wildman–Crippen MR) is 120 cm³/mol. The van der Waals surface area contributed by atoms with Gasteiger partial charge in [-0.3, -0.25) is 9.59 Å². The zero-order valence-electron chi connectivity index (χ0n) is 17.3. The van der Waals surface area contributed by atoms with Crippen LogP contribution >= 0.6 is 11.6 Å². The van der Waals surface area contributed by atoms with Gasteiger partial charge in [-0.25, -0.2) is 4.39 Å². The summed E-state index contributed by atoms with van der Waals surface area (Å²) in [6, 6.07) is 20.7. The van der Waals surface area contributed by atoms with Crippen molar-refractivity contribution in [2.75, 3.05) is 26.2 Å². The molecule has 1 aliphatic rings. The van der Waals surface area contributed by atoms with Crippen LogP contribution in [0.15, 0.2) is 72.8 Å². The first-order chi connectivity index (χ1) is 15.5. The maximum atomic E-state index is 13.2. The molecule has 1 saturated heterocycles. The molecule has 0 spiro atoms. The van der Waals surface area contributed by atoms with Crippen molar-refractivity contribution in [3.8, 4) is 5.75 Å². The van der Waals surface area contributed by atoms with Gasteiger partial charge in [0, 0.05) is 31.7 Å². The van der Waals surface area contributed by atoms with Crippen molar-refractivity contribution >= 4 is 23.4 Å². The van der Waals surface area contributed by atoms with E-state index in [4.69, 9.17) is 16.3 Å². The van der Waals surface area contributed by atoms with E-state index in [0.29, 0.717) is 44.1 Å². The molecule has 1 fully saturated rings. The van der Waals surface area contributed by atoms with Gasteiger partial charge in [0.1, 0.15) is 18.2 Å². The third-order valence-corrected chi connectivity index (χ3v) is 5.68.